The van der Waals surface area contributed by atoms with Crippen molar-refractivity contribution >= 4 is 31.6 Å². The second-order valence-electron chi connectivity index (χ2n) is 7.81. The van der Waals surface area contributed by atoms with E-state index in [0.717, 1.165) is 18.0 Å². The number of nitrogens with one attached hydrogen (secondary N) is 1. The molecule has 210 valence electrons. The van der Waals surface area contributed by atoms with Crippen LogP contribution in [0, 0.1) is 0 Å². The molecule has 37 heavy (non-hydrogen) atoms. The number of methoxy groups -OCH3 is 3. The first-order valence-electron chi connectivity index (χ1n) is 11.2. The van der Waals surface area contributed by atoms with Crippen LogP contribution in [0.15, 0.2) is 42.5 Å². The van der Waals surface area contributed by atoms with Crippen molar-refractivity contribution in [2.75, 3.05) is 62.7 Å². The first-order valence-corrected chi connectivity index (χ1v) is 14.5. The highest BCUT2D eigenvalue weighted by Gasteiger charge is 2.14. The van der Waals surface area contributed by atoms with Gasteiger partial charge in [-0.3, -0.25) is 9.11 Å². The molecule has 0 amide bonds. The molecule has 0 fully saturated rings. The minimum atomic E-state index is -4.19. The Balaban J connectivity index is 0.000000371. The summed E-state index contributed by atoms with van der Waals surface area (Å²) >= 11 is 0. The van der Waals surface area contributed by atoms with Crippen molar-refractivity contribution in [3.8, 4) is 17.2 Å². The van der Waals surface area contributed by atoms with E-state index in [-0.39, 0.29) is 12.3 Å². The predicted molar refractivity (Wildman–Crippen MR) is 142 cm³/mol. The number of hydrogen-bond donors (Lipinski definition) is 4. The molecule has 4 N–H and O–H groups in total. The van der Waals surface area contributed by atoms with Gasteiger partial charge in [0.1, 0.15) is 23.0 Å². The van der Waals surface area contributed by atoms with Gasteiger partial charge in [-0.05, 0) is 25.5 Å². The molecule has 2 aromatic carbocycles. The SMILES string of the molecule is CCN(CCCS(=O)(=O)O)c1cccc(OC)c1.COc1cc(NCC(O)CS(=O)(=O)O)cc(OC)c1. The van der Waals surface area contributed by atoms with Gasteiger partial charge in [-0.25, -0.2) is 0 Å². The van der Waals surface area contributed by atoms with Crippen LogP contribution in [0.5, 0.6) is 17.2 Å². The molecule has 1 unspecified atom stereocenters. The number of aliphatic hydroxyl groups is 1. The molecule has 0 saturated heterocycles. The molecular weight excluding hydrogens is 528 g/mol. The molecule has 0 heterocycles. The van der Waals surface area contributed by atoms with Crippen molar-refractivity contribution in [3.05, 3.63) is 42.5 Å². The largest absolute Gasteiger partial charge is 0.497 e. The lowest BCUT2D eigenvalue weighted by molar-refractivity contribution is 0.208. The summed E-state index contributed by atoms with van der Waals surface area (Å²) in [6.45, 7) is 3.30. The fourth-order valence-electron chi connectivity index (χ4n) is 3.16. The fourth-order valence-corrected chi connectivity index (χ4v) is 4.26. The first kappa shape index (κ1) is 32.2. The Labute approximate surface area is 218 Å². The van der Waals surface area contributed by atoms with E-state index in [1.165, 1.54) is 14.2 Å². The van der Waals surface area contributed by atoms with Crippen molar-refractivity contribution in [1.29, 1.82) is 0 Å². The van der Waals surface area contributed by atoms with Crippen molar-refractivity contribution in [2.24, 2.45) is 0 Å². The minimum absolute atomic E-state index is 0.0316. The van der Waals surface area contributed by atoms with Gasteiger partial charge in [-0.2, -0.15) is 16.8 Å². The van der Waals surface area contributed by atoms with E-state index in [4.69, 9.17) is 23.3 Å². The Morgan fingerprint density at radius 3 is 1.97 bits per heavy atom. The molecule has 0 aliphatic carbocycles. The number of rotatable bonds is 14. The molecule has 0 aliphatic heterocycles. The quantitative estimate of drug-likeness (QED) is 0.247. The van der Waals surface area contributed by atoms with Crippen LogP contribution < -0.4 is 24.4 Å². The number of ether oxygens (including phenoxy) is 3. The van der Waals surface area contributed by atoms with Crippen molar-refractivity contribution < 1.29 is 45.3 Å². The molecule has 0 spiro atoms. The van der Waals surface area contributed by atoms with Gasteiger partial charge < -0.3 is 29.5 Å². The number of benzene rings is 2. The van der Waals surface area contributed by atoms with E-state index < -0.39 is 32.1 Å². The summed E-state index contributed by atoms with van der Waals surface area (Å²) in [7, 11) is -3.45. The Bertz CT molecular complexity index is 1150. The topological polar surface area (TPSA) is 172 Å². The van der Waals surface area contributed by atoms with Crippen LogP contribution in [0.3, 0.4) is 0 Å². The molecule has 1 atom stereocenters. The maximum Gasteiger partial charge on any atom is 0.267 e. The van der Waals surface area contributed by atoms with Crippen molar-refractivity contribution in [2.45, 2.75) is 19.4 Å². The van der Waals surface area contributed by atoms with E-state index in [9.17, 15) is 21.9 Å². The zero-order valence-electron chi connectivity index (χ0n) is 21.3. The van der Waals surface area contributed by atoms with Crippen molar-refractivity contribution in [1.82, 2.24) is 0 Å². The molecule has 0 saturated carbocycles. The van der Waals surface area contributed by atoms with Crippen LogP contribution >= 0.6 is 0 Å². The van der Waals surface area contributed by atoms with Crippen molar-refractivity contribution in [3.63, 3.8) is 0 Å². The first-order chi connectivity index (χ1) is 17.3. The van der Waals surface area contributed by atoms with Crippen LogP contribution in [-0.4, -0.2) is 89.6 Å². The lowest BCUT2D eigenvalue weighted by Crippen LogP contribution is -2.27. The zero-order valence-corrected chi connectivity index (χ0v) is 23.0. The Morgan fingerprint density at radius 1 is 0.892 bits per heavy atom. The Hall–Kier alpha value is -2.78. The molecule has 0 bridgehead atoms. The molecule has 0 aromatic heterocycles. The average Bonchev–Trinajstić information content (AvgIpc) is 2.84. The zero-order chi connectivity index (χ0) is 28.1. The normalized spacial score (nSPS) is 12.1. The van der Waals surface area contributed by atoms with E-state index in [0.29, 0.717) is 30.2 Å². The smallest absolute Gasteiger partial charge is 0.267 e. The van der Waals surface area contributed by atoms with Gasteiger partial charge >= 0.3 is 0 Å². The van der Waals surface area contributed by atoms with Gasteiger partial charge in [0.25, 0.3) is 20.2 Å². The average molecular weight is 565 g/mol. The summed E-state index contributed by atoms with van der Waals surface area (Å²) in [6.07, 6.45) is -0.823. The van der Waals surface area contributed by atoms with Crippen LogP contribution in [0.25, 0.3) is 0 Å². The predicted octanol–water partition coefficient (Wildman–Crippen LogP) is 2.16. The fraction of sp³-hybridized carbons (Fsp3) is 0.478. The van der Waals surface area contributed by atoms with E-state index in [1.54, 1.807) is 25.3 Å². The Kier molecular flexibility index (Phi) is 13.5. The lowest BCUT2D eigenvalue weighted by atomic mass is 10.2. The highest BCUT2D eigenvalue weighted by Crippen LogP contribution is 2.25. The molecule has 14 heteroatoms. The summed E-state index contributed by atoms with van der Waals surface area (Å²) in [6, 6.07) is 12.6. The molecular formula is C23H36N2O10S2. The number of anilines is 2. The number of nitrogens with zero attached hydrogens (tertiary/aromatic N) is 1. The maximum absolute atomic E-state index is 10.7. The molecule has 2 aromatic rings. The van der Waals surface area contributed by atoms with E-state index in [2.05, 4.69) is 5.32 Å². The van der Waals surface area contributed by atoms with Crippen LogP contribution in [0.4, 0.5) is 11.4 Å². The monoisotopic (exact) mass is 564 g/mol. The summed E-state index contributed by atoms with van der Waals surface area (Å²) in [5.74, 6) is 0.951. The molecule has 0 aliphatic rings. The lowest BCUT2D eigenvalue weighted by Gasteiger charge is -2.23. The van der Waals surface area contributed by atoms with Crippen LogP contribution in [-0.2, 0) is 20.2 Å². The third kappa shape index (κ3) is 13.9. The van der Waals surface area contributed by atoms with E-state index in [1.807, 2.05) is 36.1 Å². The van der Waals surface area contributed by atoms with Gasteiger partial charge in [0.2, 0.25) is 0 Å². The minimum Gasteiger partial charge on any atom is -0.497 e. The summed E-state index contributed by atoms with van der Waals surface area (Å²) in [5, 5.41) is 12.3. The Morgan fingerprint density at radius 2 is 1.49 bits per heavy atom. The summed E-state index contributed by atoms with van der Waals surface area (Å²) < 4.78 is 75.0. The van der Waals surface area contributed by atoms with Crippen LogP contribution in [0.1, 0.15) is 13.3 Å². The molecule has 12 nitrogen and oxygen atoms in total. The van der Waals surface area contributed by atoms with Gasteiger partial charge in [-0.15, -0.1) is 0 Å². The standard InChI is InChI=1S/C12H19NO4S.C11H17NO6S/c1-3-13(8-5-9-18(14,15)16)11-6-4-7-12(10-11)17-2;1-17-10-3-8(4-11(5-10)18-2)12-6-9(13)7-19(14,15)16/h4,6-7,10H,3,5,8-9H2,1-2H3,(H,14,15,16);3-5,9,12-13H,6-7H2,1-2H3,(H,14,15,16). The second-order valence-corrected chi connectivity index (χ2v) is 10.9. The highest BCUT2D eigenvalue weighted by molar-refractivity contribution is 7.86. The summed E-state index contributed by atoms with van der Waals surface area (Å²) in [4.78, 5) is 2.04. The molecule has 2 rings (SSSR count). The van der Waals surface area contributed by atoms with Gasteiger partial charge in [0.15, 0.2) is 0 Å². The third-order valence-electron chi connectivity index (χ3n) is 4.93. The van der Waals surface area contributed by atoms with Crippen LogP contribution in [0.2, 0.25) is 0 Å². The number of aliphatic hydroxyl groups excluding tert-OH is 1. The summed E-state index contributed by atoms with van der Waals surface area (Å²) in [5.41, 5.74) is 1.58. The van der Waals surface area contributed by atoms with Gasteiger partial charge in [-0.1, -0.05) is 6.07 Å². The highest BCUT2D eigenvalue weighted by atomic mass is 32.2. The third-order valence-corrected chi connectivity index (χ3v) is 6.54. The van der Waals surface area contributed by atoms with Gasteiger partial charge in [0, 0.05) is 55.3 Å². The van der Waals surface area contributed by atoms with Gasteiger partial charge in [0.05, 0.1) is 33.2 Å². The van der Waals surface area contributed by atoms with E-state index >= 15 is 0 Å². The molecule has 0 radical (unpaired) electrons. The second kappa shape index (κ2) is 15.5. The number of hydrogen-bond acceptors (Lipinski definition) is 10. The maximum atomic E-state index is 10.7.